The van der Waals surface area contributed by atoms with Crippen molar-refractivity contribution in [3.05, 3.63) is 58.6 Å². The summed E-state index contributed by atoms with van der Waals surface area (Å²) in [6, 6.07) is 11.9. The van der Waals surface area contributed by atoms with Crippen molar-refractivity contribution in [1.82, 2.24) is 10.6 Å². The van der Waals surface area contributed by atoms with Gasteiger partial charge in [0.1, 0.15) is 5.75 Å². The Morgan fingerprint density at radius 3 is 2.60 bits per heavy atom. The van der Waals surface area contributed by atoms with E-state index >= 15 is 0 Å². The number of amides is 1. The van der Waals surface area contributed by atoms with Crippen molar-refractivity contribution >= 4 is 53.1 Å². The number of aryl methyl sites for hydroxylation is 1. The molecule has 6 nitrogen and oxygen atoms in total. The standard InChI is InChI=1S/C20H23ClF2N4O2.HI/c1-13-7-8-16(15(21)11-13)27-18(28)9-10-25-20(24-2)26-12-14-5-3-4-6-17(14)29-19(22)23;/h3-8,11,19H,9-10,12H2,1-2H3,(H,27,28)(H2,24,25,26);1H. The van der Waals surface area contributed by atoms with Gasteiger partial charge >= 0.3 is 6.61 Å². The quantitative estimate of drug-likeness (QED) is 0.255. The molecule has 0 spiro atoms. The lowest BCUT2D eigenvalue weighted by Gasteiger charge is -2.14. The summed E-state index contributed by atoms with van der Waals surface area (Å²) in [6.45, 7) is -0.426. The Labute approximate surface area is 196 Å². The molecule has 1 amide bonds. The predicted octanol–water partition coefficient (Wildman–Crippen LogP) is 4.56. The zero-order valence-corrected chi connectivity index (χ0v) is 19.6. The van der Waals surface area contributed by atoms with Crippen molar-refractivity contribution in [2.24, 2.45) is 4.99 Å². The van der Waals surface area contributed by atoms with Crippen molar-refractivity contribution in [3.8, 4) is 5.75 Å². The molecule has 0 radical (unpaired) electrons. The van der Waals surface area contributed by atoms with E-state index in [9.17, 15) is 13.6 Å². The molecule has 0 aromatic heterocycles. The van der Waals surface area contributed by atoms with Crippen molar-refractivity contribution in [2.75, 3.05) is 18.9 Å². The average molecular weight is 553 g/mol. The number of rotatable bonds is 8. The van der Waals surface area contributed by atoms with Crippen molar-refractivity contribution in [2.45, 2.75) is 26.5 Å². The van der Waals surface area contributed by atoms with Gasteiger partial charge in [-0.25, -0.2) is 0 Å². The van der Waals surface area contributed by atoms with Crippen molar-refractivity contribution < 1.29 is 18.3 Å². The van der Waals surface area contributed by atoms with Crippen LogP contribution in [0, 0.1) is 6.92 Å². The van der Waals surface area contributed by atoms with Crippen molar-refractivity contribution in [1.29, 1.82) is 0 Å². The van der Waals surface area contributed by atoms with Crippen LogP contribution in [-0.4, -0.2) is 32.1 Å². The summed E-state index contributed by atoms with van der Waals surface area (Å²) in [7, 11) is 1.57. The number of anilines is 1. The normalized spacial score (nSPS) is 10.9. The van der Waals surface area contributed by atoms with Gasteiger partial charge in [0.15, 0.2) is 5.96 Å². The van der Waals surface area contributed by atoms with E-state index in [1.165, 1.54) is 6.07 Å². The summed E-state index contributed by atoms with van der Waals surface area (Å²) in [5.41, 5.74) is 2.12. The first-order valence-corrected chi connectivity index (χ1v) is 9.30. The summed E-state index contributed by atoms with van der Waals surface area (Å²) in [4.78, 5) is 16.1. The molecule has 0 unspecified atom stereocenters. The largest absolute Gasteiger partial charge is 0.434 e. The third-order valence-corrected chi connectivity index (χ3v) is 4.21. The maximum absolute atomic E-state index is 12.5. The summed E-state index contributed by atoms with van der Waals surface area (Å²) >= 11 is 6.11. The fraction of sp³-hybridized carbons (Fsp3) is 0.300. The molecule has 0 aliphatic heterocycles. The van der Waals surface area contributed by atoms with Gasteiger partial charge in [-0.3, -0.25) is 9.79 Å². The molecule has 0 fully saturated rings. The van der Waals surface area contributed by atoms with E-state index in [2.05, 4.69) is 25.7 Å². The molecule has 3 N–H and O–H groups in total. The minimum absolute atomic E-state index is 0. The molecule has 2 aromatic carbocycles. The molecule has 0 heterocycles. The molecule has 0 atom stereocenters. The first-order chi connectivity index (χ1) is 13.9. The molecule has 0 saturated carbocycles. The molecule has 0 aliphatic carbocycles. The summed E-state index contributed by atoms with van der Waals surface area (Å²) in [5.74, 6) is 0.326. The van der Waals surface area contributed by atoms with Gasteiger partial charge in [0.05, 0.1) is 10.7 Å². The van der Waals surface area contributed by atoms with Crippen LogP contribution in [-0.2, 0) is 11.3 Å². The fourth-order valence-electron chi connectivity index (χ4n) is 2.49. The highest BCUT2D eigenvalue weighted by Gasteiger charge is 2.10. The second kappa shape index (κ2) is 13.2. The highest BCUT2D eigenvalue weighted by atomic mass is 127. The Kier molecular flexibility index (Phi) is 11.4. The maximum Gasteiger partial charge on any atom is 0.387 e. The topological polar surface area (TPSA) is 74.8 Å². The van der Waals surface area contributed by atoms with Gasteiger partial charge in [0.2, 0.25) is 5.91 Å². The van der Waals surface area contributed by atoms with Gasteiger partial charge in [-0.1, -0.05) is 35.9 Å². The van der Waals surface area contributed by atoms with E-state index in [1.807, 2.05) is 13.0 Å². The van der Waals surface area contributed by atoms with Gasteiger partial charge in [-0.05, 0) is 30.7 Å². The molecule has 10 heteroatoms. The van der Waals surface area contributed by atoms with E-state index in [-0.39, 0.29) is 48.6 Å². The molecule has 164 valence electrons. The number of benzene rings is 2. The zero-order valence-electron chi connectivity index (χ0n) is 16.5. The van der Waals surface area contributed by atoms with Gasteiger partial charge in [-0.15, -0.1) is 24.0 Å². The van der Waals surface area contributed by atoms with Crippen molar-refractivity contribution in [3.63, 3.8) is 0 Å². The number of nitrogens with zero attached hydrogens (tertiary/aromatic N) is 1. The number of hydrogen-bond donors (Lipinski definition) is 3. The number of nitrogens with one attached hydrogen (secondary N) is 3. The molecule has 0 saturated heterocycles. The second-order valence-electron chi connectivity index (χ2n) is 6.12. The molecule has 2 aromatic rings. The molecule has 0 bridgehead atoms. The summed E-state index contributed by atoms with van der Waals surface area (Å²) < 4.78 is 29.5. The lowest BCUT2D eigenvalue weighted by atomic mass is 10.2. The Hall–Kier alpha value is -2.14. The van der Waals surface area contributed by atoms with E-state index in [1.54, 1.807) is 37.4 Å². The maximum atomic E-state index is 12.5. The van der Waals surface area contributed by atoms with Crippen LogP contribution in [0.25, 0.3) is 0 Å². The van der Waals surface area contributed by atoms with Gasteiger partial charge in [0, 0.05) is 32.1 Å². The number of aliphatic imine (C=N–C) groups is 1. The van der Waals surface area contributed by atoms with E-state index < -0.39 is 6.61 Å². The van der Waals surface area contributed by atoms with Crippen LogP contribution >= 0.6 is 35.6 Å². The van der Waals surface area contributed by atoms with Crippen LogP contribution in [0.1, 0.15) is 17.5 Å². The summed E-state index contributed by atoms with van der Waals surface area (Å²) in [5, 5.41) is 9.23. The zero-order chi connectivity index (χ0) is 21.2. The molecule has 2 rings (SSSR count). The number of para-hydroxylation sites is 1. The lowest BCUT2D eigenvalue weighted by molar-refractivity contribution is -0.116. The third kappa shape index (κ3) is 8.70. The molecule has 0 aliphatic rings. The Balaban J connectivity index is 0.00000450. The van der Waals surface area contributed by atoms with Crippen LogP contribution < -0.4 is 20.7 Å². The Morgan fingerprint density at radius 2 is 1.93 bits per heavy atom. The highest BCUT2D eigenvalue weighted by molar-refractivity contribution is 14.0. The Bertz CT molecular complexity index is 868. The number of guanidine groups is 1. The van der Waals surface area contributed by atoms with Crippen LogP contribution in [0.15, 0.2) is 47.5 Å². The third-order valence-electron chi connectivity index (χ3n) is 3.90. The number of halogens is 4. The summed E-state index contributed by atoms with van der Waals surface area (Å²) in [6.07, 6.45) is 0.190. The SMILES string of the molecule is CN=C(NCCC(=O)Nc1ccc(C)cc1Cl)NCc1ccccc1OC(F)F.I. The first kappa shape index (κ1) is 25.9. The minimum atomic E-state index is -2.89. The van der Waals surface area contributed by atoms with E-state index in [4.69, 9.17) is 11.6 Å². The molecule has 30 heavy (non-hydrogen) atoms. The van der Waals surface area contributed by atoms with Crippen LogP contribution in [0.3, 0.4) is 0 Å². The minimum Gasteiger partial charge on any atom is -0.434 e. The van der Waals surface area contributed by atoms with Crippen LogP contribution in [0.4, 0.5) is 14.5 Å². The Morgan fingerprint density at radius 1 is 1.20 bits per heavy atom. The van der Waals surface area contributed by atoms with Gasteiger partial charge in [0.25, 0.3) is 0 Å². The average Bonchev–Trinajstić information content (AvgIpc) is 2.67. The number of alkyl halides is 2. The number of carbonyl (C=O) groups excluding carboxylic acids is 1. The first-order valence-electron chi connectivity index (χ1n) is 8.92. The van der Waals surface area contributed by atoms with Gasteiger partial charge < -0.3 is 20.7 Å². The lowest BCUT2D eigenvalue weighted by Crippen LogP contribution is -2.38. The fourth-order valence-corrected chi connectivity index (χ4v) is 2.77. The monoisotopic (exact) mass is 552 g/mol. The predicted molar refractivity (Wildman–Crippen MR) is 126 cm³/mol. The van der Waals surface area contributed by atoms with E-state index in [0.717, 1.165) is 5.56 Å². The number of carbonyl (C=O) groups is 1. The van der Waals surface area contributed by atoms with E-state index in [0.29, 0.717) is 28.8 Å². The second-order valence-corrected chi connectivity index (χ2v) is 6.53. The van der Waals surface area contributed by atoms with Crippen LogP contribution in [0.2, 0.25) is 5.02 Å². The number of ether oxygens (including phenoxy) is 1. The van der Waals surface area contributed by atoms with Gasteiger partial charge in [-0.2, -0.15) is 8.78 Å². The smallest absolute Gasteiger partial charge is 0.387 e. The van der Waals surface area contributed by atoms with Crippen LogP contribution in [0.5, 0.6) is 5.75 Å². The number of hydrogen-bond acceptors (Lipinski definition) is 3. The molecular weight excluding hydrogens is 529 g/mol. The molecular formula is C20H24ClF2IN4O2. The highest BCUT2D eigenvalue weighted by Crippen LogP contribution is 2.22.